The molecule has 0 aromatic heterocycles. The normalized spacial score (nSPS) is 14.2. The second-order valence-corrected chi connectivity index (χ2v) is 4.30. The van der Waals surface area contributed by atoms with Crippen LogP contribution in [0.2, 0.25) is 0 Å². The molecule has 0 saturated carbocycles. The molecule has 0 saturated heterocycles. The van der Waals surface area contributed by atoms with E-state index in [0.29, 0.717) is 17.7 Å². The second-order valence-electron chi connectivity index (χ2n) is 4.30. The first-order valence-corrected chi connectivity index (χ1v) is 6.00. The van der Waals surface area contributed by atoms with E-state index in [2.05, 4.69) is 4.74 Å². The summed E-state index contributed by atoms with van der Waals surface area (Å²) in [7, 11) is 0. The molecule has 0 aliphatic rings. The molecule has 0 aromatic carbocycles. The molecule has 3 nitrogen and oxygen atoms in total. The molecule has 0 fully saturated rings. The lowest BCUT2D eigenvalue weighted by molar-refractivity contribution is -0.193. The van der Waals surface area contributed by atoms with E-state index in [4.69, 9.17) is 0 Å². The summed E-state index contributed by atoms with van der Waals surface area (Å²) in [6.07, 6.45) is -9.93. The molecule has 9 heteroatoms. The van der Waals surface area contributed by atoms with Crippen molar-refractivity contribution < 1.29 is 35.9 Å². The molecule has 1 amide bonds. The monoisotopic (exact) mass is 309 g/mol. The third kappa shape index (κ3) is 9.00. The van der Waals surface area contributed by atoms with Gasteiger partial charge in [0.15, 0.2) is 0 Å². The van der Waals surface area contributed by atoms with Gasteiger partial charge in [-0.25, -0.2) is 0 Å². The largest absolute Gasteiger partial charge is 0.411 e. The van der Waals surface area contributed by atoms with E-state index >= 15 is 0 Å². The number of ether oxygens (including phenoxy) is 1. The summed E-state index contributed by atoms with van der Waals surface area (Å²) in [5.41, 5.74) is 0. The average molecular weight is 309 g/mol. The number of carbonyl (C=O) groups is 1. The fraction of sp³-hybridized carbons (Fsp3) is 0.909. The maximum Gasteiger partial charge on any atom is 0.411 e. The molecule has 0 heterocycles. The predicted octanol–water partition coefficient (Wildman–Crippen LogP) is 3.14. The van der Waals surface area contributed by atoms with Gasteiger partial charge in [-0.05, 0) is 13.3 Å². The van der Waals surface area contributed by atoms with Crippen molar-refractivity contribution in [2.24, 2.45) is 0 Å². The van der Waals surface area contributed by atoms with Crippen molar-refractivity contribution in [3.63, 3.8) is 0 Å². The van der Waals surface area contributed by atoms with Crippen molar-refractivity contribution in [2.75, 3.05) is 19.7 Å². The maximum absolute atomic E-state index is 12.3. The van der Waals surface area contributed by atoms with Crippen LogP contribution in [0.5, 0.6) is 0 Å². The summed E-state index contributed by atoms with van der Waals surface area (Å²) in [5, 5.41) is 0. The minimum absolute atomic E-state index is 0.172. The average Bonchev–Trinajstić information content (AvgIpc) is 2.28. The molecule has 20 heavy (non-hydrogen) atoms. The van der Waals surface area contributed by atoms with Gasteiger partial charge in [-0.15, -0.1) is 0 Å². The van der Waals surface area contributed by atoms with Gasteiger partial charge < -0.3 is 9.64 Å². The molecule has 120 valence electrons. The van der Waals surface area contributed by atoms with Crippen molar-refractivity contribution in [1.82, 2.24) is 4.90 Å². The van der Waals surface area contributed by atoms with E-state index in [1.165, 1.54) is 0 Å². The molecule has 0 aliphatic heterocycles. The van der Waals surface area contributed by atoms with Crippen LogP contribution in [0.3, 0.4) is 0 Å². The number of halogens is 6. The number of alkyl halides is 6. The van der Waals surface area contributed by atoms with Gasteiger partial charge in [0.25, 0.3) is 5.91 Å². The molecule has 0 bridgehead atoms. The van der Waals surface area contributed by atoms with E-state index < -0.39 is 37.5 Å². The van der Waals surface area contributed by atoms with Crippen molar-refractivity contribution in [1.29, 1.82) is 0 Å². The third-order valence-electron chi connectivity index (χ3n) is 2.31. The maximum atomic E-state index is 12.3. The van der Waals surface area contributed by atoms with Crippen molar-refractivity contribution in [3.8, 4) is 0 Å². The minimum atomic E-state index is -4.63. The number of unbranched alkanes of at least 4 members (excludes halogenated alkanes) is 1. The number of nitrogens with zero attached hydrogens (tertiary/aromatic N) is 1. The Bertz CT molecular complexity index is 302. The third-order valence-corrected chi connectivity index (χ3v) is 2.31. The van der Waals surface area contributed by atoms with Gasteiger partial charge in [0.2, 0.25) is 0 Å². The van der Waals surface area contributed by atoms with Gasteiger partial charge in [-0.1, -0.05) is 13.3 Å². The Morgan fingerprint density at radius 1 is 1.15 bits per heavy atom. The molecule has 0 spiro atoms. The zero-order valence-corrected chi connectivity index (χ0v) is 11.1. The smallest absolute Gasteiger partial charge is 0.359 e. The Hall–Kier alpha value is -0.990. The summed E-state index contributed by atoms with van der Waals surface area (Å²) >= 11 is 0. The van der Waals surface area contributed by atoms with Crippen molar-refractivity contribution >= 4 is 5.91 Å². The molecule has 1 atom stereocenters. The van der Waals surface area contributed by atoms with Crippen LogP contribution in [0, 0.1) is 0 Å². The highest BCUT2D eigenvalue weighted by Gasteiger charge is 2.36. The van der Waals surface area contributed by atoms with Crippen LogP contribution in [-0.4, -0.2) is 49.0 Å². The van der Waals surface area contributed by atoms with Crippen LogP contribution in [0.25, 0.3) is 0 Å². The SMILES string of the molecule is CCCCN(CC(F)(F)F)C(=O)C(C)OCC(F)(F)F. The Kier molecular flexibility index (Phi) is 7.32. The number of hydrogen-bond acceptors (Lipinski definition) is 2. The number of rotatable bonds is 7. The first kappa shape index (κ1) is 19.0. The summed E-state index contributed by atoms with van der Waals surface area (Å²) in [5.74, 6) is -1.10. The van der Waals surface area contributed by atoms with Crippen LogP contribution in [0.15, 0.2) is 0 Å². The highest BCUT2D eigenvalue weighted by atomic mass is 19.4. The van der Waals surface area contributed by atoms with Gasteiger partial charge >= 0.3 is 12.4 Å². The van der Waals surface area contributed by atoms with Gasteiger partial charge in [-0.2, -0.15) is 26.3 Å². The van der Waals surface area contributed by atoms with Gasteiger partial charge in [0.1, 0.15) is 19.3 Å². The number of hydrogen-bond donors (Lipinski definition) is 0. The molecular weight excluding hydrogens is 292 g/mol. The Morgan fingerprint density at radius 2 is 1.70 bits per heavy atom. The second kappa shape index (κ2) is 7.70. The Labute approximate surface area is 112 Å². The molecular formula is C11H17F6NO2. The van der Waals surface area contributed by atoms with Crippen molar-refractivity contribution in [3.05, 3.63) is 0 Å². The number of carbonyl (C=O) groups excluding carboxylic acids is 1. The Balaban J connectivity index is 4.59. The summed E-state index contributed by atoms with van der Waals surface area (Å²) in [6, 6.07) is 0. The van der Waals surface area contributed by atoms with Crippen LogP contribution >= 0.6 is 0 Å². The Morgan fingerprint density at radius 3 is 2.10 bits per heavy atom. The summed E-state index contributed by atoms with van der Waals surface area (Å²) < 4.78 is 77.0. The predicted molar refractivity (Wildman–Crippen MR) is 59.0 cm³/mol. The van der Waals surface area contributed by atoms with Gasteiger partial charge in [0, 0.05) is 6.54 Å². The van der Waals surface area contributed by atoms with Crippen LogP contribution in [0.4, 0.5) is 26.3 Å². The lowest BCUT2D eigenvalue weighted by Gasteiger charge is -2.26. The lowest BCUT2D eigenvalue weighted by Crippen LogP contribution is -2.45. The quantitative estimate of drug-likeness (QED) is 0.676. The van der Waals surface area contributed by atoms with E-state index in [-0.39, 0.29) is 6.54 Å². The zero-order chi connectivity index (χ0) is 16.0. The van der Waals surface area contributed by atoms with Crippen molar-refractivity contribution in [2.45, 2.75) is 45.1 Å². The standard InChI is InChI=1S/C11H17F6NO2/c1-3-4-5-18(6-10(12,13)14)9(19)8(2)20-7-11(15,16)17/h8H,3-7H2,1-2H3. The van der Waals surface area contributed by atoms with Crippen LogP contribution < -0.4 is 0 Å². The highest BCUT2D eigenvalue weighted by molar-refractivity contribution is 5.80. The van der Waals surface area contributed by atoms with Crippen LogP contribution in [0.1, 0.15) is 26.7 Å². The van der Waals surface area contributed by atoms with Crippen LogP contribution in [-0.2, 0) is 9.53 Å². The van der Waals surface area contributed by atoms with E-state index in [1.54, 1.807) is 6.92 Å². The van der Waals surface area contributed by atoms with E-state index in [1.807, 2.05) is 0 Å². The fourth-order valence-electron chi connectivity index (χ4n) is 1.38. The van der Waals surface area contributed by atoms with Gasteiger partial charge in [0.05, 0.1) is 0 Å². The first-order valence-electron chi connectivity index (χ1n) is 6.00. The summed E-state index contributed by atoms with van der Waals surface area (Å²) in [4.78, 5) is 12.2. The zero-order valence-electron chi connectivity index (χ0n) is 11.1. The lowest BCUT2D eigenvalue weighted by atomic mass is 10.2. The first-order chi connectivity index (χ1) is 8.96. The summed E-state index contributed by atoms with van der Waals surface area (Å²) in [6.45, 7) is -0.614. The molecule has 0 N–H and O–H groups in total. The molecule has 1 unspecified atom stereocenters. The van der Waals surface area contributed by atoms with Gasteiger partial charge in [-0.3, -0.25) is 4.79 Å². The highest BCUT2D eigenvalue weighted by Crippen LogP contribution is 2.19. The topological polar surface area (TPSA) is 29.5 Å². The fourth-order valence-corrected chi connectivity index (χ4v) is 1.38. The minimum Gasteiger partial charge on any atom is -0.359 e. The molecule has 0 rings (SSSR count). The van der Waals surface area contributed by atoms with E-state index in [9.17, 15) is 31.1 Å². The molecule has 0 radical (unpaired) electrons. The molecule has 0 aliphatic carbocycles. The van der Waals surface area contributed by atoms with E-state index in [0.717, 1.165) is 6.92 Å². The number of amides is 1. The molecule has 0 aromatic rings.